The minimum atomic E-state index is -3.28. The number of nitrogens with one attached hydrogen (secondary N) is 1. The number of alkyl halides is 6. The molecule has 1 spiro atoms. The first-order chi connectivity index (χ1) is 25.8. The molecule has 0 bridgehead atoms. The number of aliphatic hydroxyl groups is 1. The number of hydrogen-bond acceptors (Lipinski definition) is 15. The fraction of sp³-hybridized carbons (Fsp3) is 0.455. The molecule has 8 heterocycles. The maximum Gasteiger partial charge on any atom is 0.387 e. The van der Waals surface area contributed by atoms with Crippen molar-refractivity contribution < 1.29 is 45.7 Å². The van der Waals surface area contributed by atoms with Gasteiger partial charge in [-0.15, -0.1) is 0 Å². The third-order valence-corrected chi connectivity index (χ3v) is 10.4. The molecule has 15 nitrogen and oxygen atoms in total. The summed E-state index contributed by atoms with van der Waals surface area (Å²) in [6.45, 7) is -5.71. The number of nitrogens with two attached hydrogens (primary N) is 1. The van der Waals surface area contributed by atoms with Gasteiger partial charge in [-0.1, -0.05) is 0 Å². The van der Waals surface area contributed by atoms with Gasteiger partial charge in [-0.3, -0.25) is 0 Å². The number of fused-ring (bicyclic) bond motifs is 1. The average molecular weight is 760 g/mol. The van der Waals surface area contributed by atoms with E-state index in [1.807, 2.05) is 9.80 Å². The molecule has 3 atom stereocenters. The van der Waals surface area contributed by atoms with Crippen LogP contribution in [0, 0.1) is 0 Å². The van der Waals surface area contributed by atoms with Gasteiger partial charge in [0.2, 0.25) is 11.9 Å². The second-order valence-corrected chi connectivity index (χ2v) is 13.8. The normalized spacial score (nSPS) is 23.2. The molecular formula is C33H31F6N11O4. The molecule has 9 rings (SSSR count). The van der Waals surface area contributed by atoms with E-state index in [2.05, 4.69) is 40.0 Å². The number of nitrogens with zero attached hydrogens (tertiary/aromatic N) is 9. The van der Waals surface area contributed by atoms with Crippen molar-refractivity contribution in [3.05, 3.63) is 36.7 Å². The van der Waals surface area contributed by atoms with Gasteiger partial charge in [-0.25, -0.2) is 28.7 Å². The molecule has 5 aliphatic rings. The Bertz CT molecular complexity index is 2110. The second-order valence-electron chi connectivity index (χ2n) is 13.8. The maximum atomic E-state index is 14.2. The van der Waals surface area contributed by atoms with Crippen molar-refractivity contribution in [2.75, 3.05) is 58.5 Å². The molecule has 54 heavy (non-hydrogen) atoms. The third kappa shape index (κ3) is 6.13. The molecule has 284 valence electrons. The summed E-state index contributed by atoms with van der Waals surface area (Å²) in [6, 6.07) is 5.77. The number of aliphatic hydroxyl groups excluding tert-OH is 1. The van der Waals surface area contributed by atoms with E-state index >= 15 is 0 Å². The summed E-state index contributed by atoms with van der Waals surface area (Å²) in [5.74, 6) is -3.47. The fourth-order valence-corrected chi connectivity index (χ4v) is 7.18. The summed E-state index contributed by atoms with van der Waals surface area (Å²) in [6.07, 6.45) is 3.15. The third-order valence-electron chi connectivity index (χ3n) is 10.4. The molecule has 4 N–H and O–H groups in total. The van der Waals surface area contributed by atoms with Gasteiger partial charge in [0.1, 0.15) is 11.6 Å². The molecule has 4 aromatic heterocycles. The first-order valence-electron chi connectivity index (χ1n) is 17.0. The topological polar surface area (TPSA) is 173 Å². The number of aromatic nitrogens is 6. The van der Waals surface area contributed by atoms with Crippen molar-refractivity contribution in [2.45, 2.75) is 62.2 Å². The van der Waals surface area contributed by atoms with Crippen LogP contribution < -0.4 is 35.2 Å². The van der Waals surface area contributed by atoms with Crippen molar-refractivity contribution >= 4 is 35.2 Å². The maximum absolute atomic E-state index is 14.2. The molecule has 21 heteroatoms. The zero-order chi connectivity index (χ0) is 37.5. The lowest BCUT2D eigenvalue weighted by atomic mass is 9.95. The summed E-state index contributed by atoms with van der Waals surface area (Å²) >= 11 is 0. The molecule has 1 saturated carbocycles. The summed E-state index contributed by atoms with van der Waals surface area (Å²) in [5.41, 5.74) is 6.09. The highest BCUT2D eigenvalue weighted by molar-refractivity contribution is 5.73. The Hall–Kier alpha value is -5.44. The van der Waals surface area contributed by atoms with Crippen LogP contribution in [0.4, 0.5) is 61.5 Å². The first kappa shape index (κ1) is 34.3. The van der Waals surface area contributed by atoms with Crippen LogP contribution in [-0.4, -0.2) is 111 Å². The molecule has 0 radical (unpaired) electrons. The Kier molecular flexibility index (Phi) is 7.99. The van der Waals surface area contributed by atoms with Crippen molar-refractivity contribution in [3.8, 4) is 34.0 Å². The lowest BCUT2D eigenvalue weighted by Gasteiger charge is -2.55. The number of rotatable bonds is 11. The van der Waals surface area contributed by atoms with E-state index < -0.39 is 43.1 Å². The molecule has 4 aliphatic heterocycles. The van der Waals surface area contributed by atoms with Gasteiger partial charge in [0.25, 0.3) is 5.92 Å². The van der Waals surface area contributed by atoms with Gasteiger partial charge >= 0.3 is 13.2 Å². The van der Waals surface area contributed by atoms with E-state index in [1.165, 1.54) is 29.4 Å². The zero-order valence-electron chi connectivity index (χ0n) is 28.0. The Balaban J connectivity index is 1.08. The largest absolute Gasteiger partial charge is 0.431 e. The molecule has 0 amide bonds. The number of halogens is 6. The van der Waals surface area contributed by atoms with Crippen LogP contribution in [-0.2, 0) is 4.74 Å². The molecular weight excluding hydrogens is 728 g/mol. The summed E-state index contributed by atoms with van der Waals surface area (Å²) in [5, 5.41) is 13.3. The quantitative estimate of drug-likeness (QED) is 0.187. The van der Waals surface area contributed by atoms with Gasteiger partial charge in [0.05, 0.1) is 48.3 Å². The molecule has 4 aromatic rings. The van der Waals surface area contributed by atoms with E-state index in [-0.39, 0.29) is 83.5 Å². The van der Waals surface area contributed by atoms with Crippen LogP contribution in [0.15, 0.2) is 36.7 Å². The Labute approximate surface area is 302 Å². The second kappa shape index (κ2) is 12.6. The Morgan fingerprint density at radius 1 is 0.870 bits per heavy atom. The standard InChI is InChI=1S/C33H31F6N11O4/c34-28(35)53-20-5-15(9-41-26(20)40)17-8-25(50-12-23(51)32(50)1-2-32)45-30(43-17)47-27-21(54-29(36)37)6-16(10-42-27)18-7-24(49-11-22-19(49)13-52-22)46-31(44-18)48-4-3-33(38,39)14-48/h5-10,19,22-23,28-29,51H,1-4,11-14H2,(H2,40,41)(H,42,43,45,47)/t19?,22-,23?/m1/s1. The highest BCUT2D eigenvalue weighted by Crippen LogP contribution is 2.53. The van der Waals surface area contributed by atoms with E-state index in [0.717, 1.165) is 0 Å². The van der Waals surface area contributed by atoms with Gasteiger partial charge < -0.3 is 45.1 Å². The van der Waals surface area contributed by atoms with Crippen LogP contribution in [0.3, 0.4) is 0 Å². The van der Waals surface area contributed by atoms with Gasteiger partial charge in [0.15, 0.2) is 23.1 Å². The highest BCUT2D eigenvalue weighted by atomic mass is 19.3. The molecule has 0 aromatic carbocycles. The van der Waals surface area contributed by atoms with E-state index in [0.29, 0.717) is 37.6 Å². The smallest absolute Gasteiger partial charge is 0.387 e. The van der Waals surface area contributed by atoms with Crippen LogP contribution in [0.25, 0.3) is 22.5 Å². The number of pyridine rings is 2. The lowest BCUT2D eigenvalue weighted by molar-refractivity contribution is -0.113. The van der Waals surface area contributed by atoms with E-state index in [4.69, 9.17) is 15.2 Å². The molecule has 4 saturated heterocycles. The average Bonchev–Trinajstić information content (AvgIpc) is 3.88. The predicted octanol–water partition coefficient (Wildman–Crippen LogP) is 4.07. The number of anilines is 6. The highest BCUT2D eigenvalue weighted by Gasteiger charge is 2.62. The van der Waals surface area contributed by atoms with Crippen molar-refractivity contribution in [1.82, 2.24) is 29.9 Å². The summed E-state index contributed by atoms with van der Waals surface area (Å²) in [7, 11) is 0. The fourth-order valence-electron chi connectivity index (χ4n) is 7.18. The van der Waals surface area contributed by atoms with Crippen LogP contribution in [0.5, 0.6) is 11.5 Å². The first-order valence-corrected chi connectivity index (χ1v) is 17.0. The molecule has 2 unspecified atom stereocenters. The number of hydrogen-bond donors (Lipinski definition) is 3. The van der Waals surface area contributed by atoms with Crippen LogP contribution in [0.2, 0.25) is 0 Å². The monoisotopic (exact) mass is 759 g/mol. The van der Waals surface area contributed by atoms with Crippen LogP contribution >= 0.6 is 0 Å². The molecule has 1 aliphatic carbocycles. The minimum Gasteiger partial charge on any atom is -0.431 e. The van der Waals surface area contributed by atoms with Crippen molar-refractivity contribution in [1.29, 1.82) is 0 Å². The zero-order valence-corrected chi connectivity index (χ0v) is 28.0. The minimum absolute atomic E-state index is 0.0253. The number of β-amino-alcohol motifs (C(OH)–C–C–N with tert-alkyl or cyclic N) is 1. The van der Waals surface area contributed by atoms with Crippen molar-refractivity contribution in [3.63, 3.8) is 0 Å². The lowest BCUT2D eigenvalue weighted by Crippen LogP contribution is -2.71. The number of nitrogen functional groups attached to an aromatic ring is 1. The summed E-state index contributed by atoms with van der Waals surface area (Å²) in [4.78, 5) is 31.7. The van der Waals surface area contributed by atoms with Gasteiger partial charge in [-0.2, -0.15) is 27.5 Å². The Morgan fingerprint density at radius 2 is 1.57 bits per heavy atom. The number of ether oxygens (including phenoxy) is 3. The molecule has 5 fully saturated rings. The van der Waals surface area contributed by atoms with Gasteiger partial charge in [0, 0.05) is 61.7 Å². The van der Waals surface area contributed by atoms with Crippen LogP contribution in [0.1, 0.15) is 19.3 Å². The number of morpholine rings is 1. The van der Waals surface area contributed by atoms with E-state index in [9.17, 15) is 31.4 Å². The Morgan fingerprint density at radius 3 is 2.20 bits per heavy atom. The summed E-state index contributed by atoms with van der Waals surface area (Å²) < 4.78 is 97.3. The predicted molar refractivity (Wildman–Crippen MR) is 179 cm³/mol. The van der Waals surface area contributed by atoms with E-state index in [1.54, 1.807) is 12.1 Å². The SMILES string of the molecule is Nc1ncc(-c2cc(N3CC(O)C34CC4)nc(Nc3ncc(-c4cc(N5C[C@H]6OCC65)nc(N5CCC(F)(F)C5)n4)cc3OC(F)F)n2)cc1OC(F)F. The van der Waals surface area contributed by atoms with Gasteiger partial charge in [-0.05, 0) is 25.0 Å². The van der Waals surface area contributed by atoms with Crippen molar-refractivity contribution in [2.24, 2.45) is 0 Å².